The van der Waals surface area contributed by atoms with Gasteiger partial charge in [0.2, 0.25) is 5.28 Å². The van der Waals surface area contributed by atoms with Crippen LogP contribution < -0.4 is 5.32 Å². The zero-order valence-electron chi connectivity index (χ0n) is 9.83. The smallest absolute Gasteiger partial charge is 0.224 e. The first-order valence-corrected chi connectivity index (χ1v) is 6.30. The quantitative estimate of drug-likeness (QED) is 0.843. The van der Waals surface area contributed by atoms with E-state index < -0.39 is 0 Å². The van der Waals surface area contributed by atoms with Gasteiger partial charge in [0.25, 0.3) is 0 Å². The van der Waals surface area contributed by atoms with E-state index in [1.54, 1.807) is 0 Å². The van der Waals surface area contributed by atoms with Gasteiger partial charge in [-0.2, -0.15) is 4.98 Å². The van der Waals surface area contributed by atoms with E-state index in [0.29, 0.717) is 16.9 Å². The molecule has 1 saturated heterocycles. The van der Waals surface area contributed by atoms with Crippen LogP contribution in [0.15, 0.2) is 6.20 Å². The van der Waals surface area contributed by atoms with Crippen molar-refractivity contribution in [2.45, 2.75) is 38.3 Å². The molecule has 4 nitrogen and oxygen atoms in total. The average molecular weight is 276 g/mol. The zero-order chi connectivity index (χ0) is 12.5. The van der Waals surface area contributed by atoms with Crippen molar-refractivity contribution >= 4 is 29.0 Å². The zero-order valence-corrected chi connectivity index (χ0v) is 11.3. The molecule has 1 aliphatic rings. The first-order valence-electron chi connectivity index (χ1n) is 5.55. The summed E-state index contributed by atoms with van der Waals surface area (Å²) < 4.78 is 5.66. The standard InChI is InChI=1S/C11H15Cl2N3O/c1-11(2)5-7(3-4-17-11)15-9-8(12)6-14-10(13)16-9/h6-7H,3-5H2,1-2H3,(H,14,15,16). The lowest BCUT2D eigenvalue weighted by Crippen LogP contribution is -2.40. The van der Waals surface area contributed by atoms with E-state index in [1.165, 1.54) is 6.20 Å². The Morgan fingerprint density at radius 3 is 2.94 bits per heavy atom. The Morgan fingerprint density at radius 1 is 1.47 bits per heavy atom. The summed E-state index contributed by atoms with van der Waals surface area (Å²) in [7, 11) is 0. The minimum Gasteiger partial charge on any atom is -0.375 e. The third kappa shape index (κ3) is 3.44. The molecule has 0 spiro atoms. The summed E-state index contributed by atoms with van der Waals surface area (Å²) in [4.78, 5) is 7.90. The van der Waals surface area contributed by atoms with Gasteiger partial charge in [-0.05, 0) is 38.3 Å². The van der Waals surface area contributed by atoms with Crippen molar-refractivity contribution in [3.8, 4) is 0 Å². The highest BCUT2D eigenvalue weighted by Crippen LogP contribution is 2.28. The van der Waals surface area contributed by atoms with Gasteiger partial charge in [-0.3, -0.25) is 0 Å². The van der Waals surface area contributed by atoms with Crippen LogP contribution in [0.2, 0.25) is 10.3 Å². The number of rotatable bonds is 2. The molecular weight excluding hydrogens is 261 g/mol. The van der Waals surface area contributed by atoms with Crippen LogP contribution in [0.5, 0.6) is 0 Å². The Morgan fingerprint density at radius 2 is 2.24 bits per heavy atom. The van der Waals surface area contributed by atoms with E-state index in [9.17, 15) is 0 Å². The van der Waals surface area contributed by atoms with Crippen LogP contribution >= 0.6 is 23.2 Å². The van der Waals surface area contributed by atoms with Gasteiger partial charge in [-0.1, -0.05) is 11.6 Å². The summed E-state index contributed by atoms with van der Waals surface area (Å²) in [5, 5.41) is 3.98. The molecule has 2 rings (SSSR count). The van der Waals surface area contributed by atoms with Crippen LogP contribution in [0, 0.1) is 0 Å². The van der Waals surface area contributed by atoms with E-state index in [4.69, 9.17) is 27.9 Å². The fourth-order valence-corrected chi connectivity index (χ4v) is 2.27. The molecule has 1 atom stereocenters. The molecule has 6 heteroatoms. The molecule has 1 aliphatic heterocycles. The van der Waals surface area contributed by atoms with Gasteiger partial charge < -0.3 is 10.1 Å². The van der Waals surface area contributed by atoms with Crippen LogP contribution in [-0.4, -0.2) is 28.2 Å². The molecule has 0 saturated carbocycles. The molecule has 2 heterocycles. The van der Waals surface area contributed by atoms with Crippen molar-refractivity contribution in [1.29, 1.82) is 0 Å². The molecule has 17 heavy (non-hydrogen) atoms. The number of hydrogen-bond donors (Lipinski definition) is 1. The molecule has 1 N–H and O–H groups in total. The van der Waals surface area contributed by atoms with Gasteiger partial charge in [0, 0.05) is 12.6 Å². The maximum Gasteiger partial charge on any atom is 0.224 e. The van der Waals surface area contributed by atoms with E-state index in [0.717, 1.165) is 19.4 Å². The highest BCUT2D eigenvalue weighted by atomic mass is 35.5. The molecule has 1 aromatic rings. The highest BCUT2D eigenvalue weighted by Gasteiger charge is 2.29. The normalized spacial score (nSPS) is 23.4. The van der Waals surface area contributed by atoms with Gasteiger partial charge in [0.15, 0.2) is 0 Å². The number of halogens is 2. The summed E-state index contributed by atoms with van der Waals surface area (Å²) in [6, 6.07) is 0.294. The summed E-state index contributed by atoms with van der Waals surface area (Å²) in [6.45, 7) is 4.89. The maximum atomic E-state index is 6.01. The summed E-state index contributed by atoms with van der Waals surface area (Å²) in [5.41, 5.74) is -0.112. The molecule has 0 amide bonds. The lowest BCUT2D eigenvalue weighted by atomic mass is 9.94. The van der Waals surface area contributed by atoms with Gasteiger partial charge in [0.1, 0.15) is 10.8 Å². The number of hydrogen-bond acceptors (Lipinski definition) is 4. The molecule has 1 unspecified atom stereocenters. The monoisotopic (exact) mass is 275 g/mol. The third-order valence-electron chi connectivity index (χ3n) is 2.75. The average Bonchev–Trinajstić information content (AvgIpc) is 2.22. The number of nitrogens with one attached hydrogen (secondary N) is 1. The molecular formula is C11H15Cl2N3O. The minimum atomic E-state index is -0.112. The Labute approximate surface area is 111 Å². The Kier molecular flexibility index (Phi) is 3.76. The number of ether oxygens (including phenoxy) is 1. The Hall–Kier alpha value is -0.580. The first kappa shape index (κ1) is 12.9. The fraction of sp³-hybridized carbons (Fsp3) is 0.636. The topological polar surface area (TPSA) is 47.0 Å². The van der Waals surface area contributed by atoms with Gasteiger partial charge in [-0.15, -0.1) is 0 Å². The Bertz CT molecular complexity index is 412. The second kappa shape index (κ2) is 4.96. The first-order chi connectivity index (χ1) is 7.96. The van der Waals surface area contributed by atoms with E-state index in [-0.39, 0.29) is 10.9 Å². The largest absolute Gasteiger partial charge is 0.375 e. The predicted octanol–water partition coefficient (Wildman–Crippen LogP) is 3.15. The third-order valence-corrected chi connectivity index (χ3v) is 3.21. The van der Waals surface area contributed by atoms with Crippen molar-refractivity contribution in [2.24, 2.45) is 0 Å². The summed E-state index contributed by atoms with van der Waals surface area (Å²) in [6.07, 6.45) is 3.34. The fourth-order valence-electron chi connectivity index (χ4n) is 2.00. The van der Waals surface area contributed by atoms with Crippen LogP contribution in [0.4, 0.5) is 5.82 Å². The molecule has 1 aromatic heterocycles. The Balaban J connectivity index is 2.07. The summed E-state index contributed by atoms with van der Waals surface area (Å²) >= 11 is 11.8. The molecule has 0 radical (unpaired) electrons. The number of anilines is 1. The van der Waals surface area contributed by atoms with Gasteiger partial charge in [-0.25, -0.2) is 4.98 Å². The number of nitrogens with zero attached hydrogens (tertiary/aromatic N) is 2. The molecule has 0 bridgehead atoms. The maximum absolute atomic E-state index is 6.01. The van der Waals surface area contributed by atoms with E-state index in [1.807, 2.05) is 0 Å². The molecule has 1 fully saturated rings. The highest BCUT2D eigenvalue weighted by molar-refractivity contribution is 6.33. The van der Waals surface area contributed by atoms with Crippen LogP contribution in [-0.2, 0) is 4.74 Å². The van der Waals surface area contributed by atoms with Crippen molar-refractivity contribution in [3.05, 3.63) is 16.5 Å². The van der Waals surface area contributed by atoms with Crippen molar-refractivity contribution < 1.29 is 4.74 Å². The predicted molar refractivity (Wildman–Crippen MR) is 68.7 cm³/mol. The second-order valence-corrected chi connectivity index (χ2v) is 5.52. The van der Waals surface area contributed by atoms with E-state index in [2.05, 4.69) is 29.1 Å². The van der Waals surface area contributed by atoms with E-state index >= 15 is 0 Å². The lowest BCUT2D eigenvalue weighted by molar-refractivity contribution is -0.0553. The molecule has 0 aliphatic carbocycles. The van der Waals surface area contributed by atoms with Crippen molar-refractivity contribution in [3.63, 3.8) is 0 Å². The van der Waals surface area contributed by atoms with Crippen LogP contribution in [0.3, 0.4) is 0 Å². The van der Waals surface area contributed by atoms with Gasteiger partial charge >= 0.3 is 0 Å². The minimum absolute atomic E-state index is 0.112. The van der Waals surface area contributed by atoms with Crippen molar-refractivity contribution in [1.82, 2.24) is 9.97 Å². The van der Waals surface area contributed by atoms with Crippen LogP contribution in [0.25, 0.3) is 0 Å². The molecule has 0 aromatic carbocycles. The number of aromatic nitrogens is 2. The molecule has 94 valence electrons. The summed E-state index contributed by atoms with van der Waals surface area (Å²) in [5.74, 6) is 0.592. The lowest BCUT2D eigenvalue weighted by Gasteiger charge is -2.36. The second-order valence-electron chi connectivity index (χ2n) is 4.78. The SMILES string of the molecule is CC1(C)CC(Nc2nc(Cl)ncc2Cl)CCO1. The van der Waals surface area contributed by atoms with Gasteiger partial charge in [0.05, 0.1) is 11.8 Å². The van der Waals surface area contributed by atoms with Crippen molar-refractivity contribution in [2.75, 3.05) is 11.9 Å². The van der Waals surface area contributed by atoms with Crippen LogP contribution in [0.1, 0.15) is 26.7 Å².